The fourth-order valence-corrected chi connectivity index (χ4v) is 4.09. The Labute approximate surface area is 142 Å². The number of thiophene rings is 1. The molecule has 1 aliphatic rings. The molecule has 3 nitrogen and oxygen atoms in total. The maximum atomic E-state index is 12.6. The van der Waals surface area contributed by atoms with Crippen LogP contribution in [0.1, 0.15) is 45.2 Å². The Morgan fingerprint density at radius 1 is 1.22 bits per heavy atom. The molecule has 0 saturated carbocycles. The summed E-state index contributed by atoms with van der Waals surface area (Å²) in [5.41, 5.74) is 3.02. The predicted octanol–water partition coefficient (Wildman–Crippen LogP) is 3.93. The highest BCUT2D eigenvalue weighted by molar-refractivity contribution is 7.10. The van der Waals surface area contributed by atoms with Gasteiger partial charge in [0.05, 0.1) is 6.04 Å². The van der Waals surface area contributed by atoms with E-state index in [-0.39, 0.29) is 5.91 Å². The molecule has 0 bridgehead atoms. The van der Waals surface area contributed by atoms with Gasteiger partial charge in [-0.15, -0.1) is 11.3 Å². The number of carbonyl (C=O) groups is 1. The maximum Gasteiger partial charge on any atom is 0.251 e. The standard InChI is InChI=1S/C19H24N2OS/c1-14-7-5-8-16(15(14)2)19(22)20-13-17(18-9-6-12-23-18)21-10-3-4-11-21/h5-9,12,17H,3-4,10-11,13H2,1-2H3,(H,20,22). The lowest BCUT2D eigenvalue weighted by Crippen LogP contribution is -2.36. The molecule has 1 amide bonds. The molecule has 0 spiro atoms. The van der Waals surface area contributed by atoms with E-state index in [1.165, 1.54) is 17.7 Å². The third-order valence-corrected chi connectivity index (χ3v) is 5.73. The van der Waals surface area contributed by atoms with Gasteiger partial charge in [-0.25, -0.2) is 0 Å². The molecule has 2 heterocycles. The van der Waals surface area contributed by atoms with Crippen molar-refractivity contribution in [2.45, 2.75) is 32.7 Å². The lowest BCUT2D eigenvalue weighted by Gasteiger charge is -2.27. The Morgan fingerprint density at radius 2 is 2.00 bits per heavy atom. The molecule has 122 valence electrons. The van der Waals surface area contributed by atoms with E-state index in [9.17, 15) is 4.79 Å². The molecule has 4 heteroatoms. The van der Waals surface area contributed by atoms with Crippen LogP contribution in [0.15, 0.2) is 35.7 Å². The van der Waals surface area contributed by atoms with E-state index in [0.29, 0.717) is 12.6 Å². The van der Waals surface area contributed by atoms with Crippen LogP contribution >= 0.6 is 11.3 Å². The van der Waals surface area contributed by atoms with Gasteiger partial charge < -0.3 is 5.32 Å². The van der Waals surface area contributed by atoms with Crippen molar-refractivity contribution in [3.8, 4) is 0 Å². The molecule has 0 radical (unpaired) electrons. The number of amides is 1. The van der Waals surface area contributed by atoms with Crippen molar-refractivity contribution in [1.29, 1.82) is 0 Å². The Balaban J connectivity index is 1.71. The average Bonchev–Trinajstić information content (AvgIpc) is 3.24. The van der Waals surface area contributed by atoms with Crippen LogP contribution in [0.5, 0.6) is 0 Å². The summed E-state index contributed by atoms with van der Waals surface area (Å²) in [7, 11) is 0. The fraction of sp³-hybridized carbons (Fsp3) is 0.421. The summed E-state index contributed by atoms with van der Waals surface area (Å²) in [5.74, 6) is 0.0342. The van der Waals surface area contributed by atoms with Crippen LogP contribution < -0.4 is 5.32 Å². The van der Waals surface area contributed by atoms with Crippen LogP contribution in [0, 0.1) is 13.8 Å². The van der Waals surface area contributed by atoms with Crippen molar-refractivity contribution in [3.63, 3.8) is 0 Å². The Morgan fingerprint density at radius 3 is 2.70 bits per heavy atom. The van der Waals surface area contributed by atoms with Gasteiger partial charge in [0.1, 0.15) is 0 Å². The molecule has 1 aliphatic heterocycles. The van der Waals surface area contributed by atoms with E-state index in [4.69, 9.17) is 0 Å². The summed E-state index contributed by atoms with van der Waals surface area (Å²) >= 11 is 1.78. The van der Waals surface area contributed by atoms with Gasteiger partial charge in [-0.2, -0.15) is 0 Å². The summed E-state index contributed by atoms with van der Waals surface area (Å²) in [6.45, 7) is 6.99. The van der Waals surface area contributed by atoms with E-state index in [0.717, 1.165) is 29.8 Å². The van der Waals surface area contributed by atoms with Gasteiger partial charge in [-0.05, 0) is 68.4 Å². The number of hydrogen-bond donors (Lipinski definition) is 1. The molecule has 1 aromatic heterocycles. The first-order valence-electron chi connectivity index (χ1n) is 8.28. The number of nitrogens with zero attached hydrogens (tertiary/aromatic N) is 1. The molecular weight excluding hydrogens is 304 g/mol. The summed E-state index contributed by atoms with van der Waals surface area (Å²) < 4.78 is 0. The Hall–Kier alpha value is -1.65. The van der Waals surface area contributed by atoms with Crippen LogP contribution in [0.25, 0.3) is 0 Å². The Kier molecular flexibility index (Phi) is 5.13. The van der Waals surface area contributed by atoms with Crippen molar-refractivity contribution in [2.75, 3.05) is 19.6 Å². The van der Waals surface area contributed by atoms with E-state index < -0.39 is 0 Å². The molecule has 23 heavy (non-hydrogen) atoms. The first-order valence-corrected chi connectivity index (χ1v) is 9.16. The highest BCUT2D eigenvalue weighted by atomic mass is 32.1. The molecule has 1 unspecified atom stereocenters. The zero-order valence-electron chi connectivity index (χ0n) is 13.8. The van der Waals surface area contributed by atoms with Gasteiger partial charge in [0.15, 0.2) is 0 Å². The number of benzene rings is 1. The molecule has 1 saturated heterocycles. The van der Waals surface area contributed by atoms with Crippen molar-refractivity contribution in [1.82, 2.24) is 10.2 Å². The van der Waals surface area contributed by atoms with Crippen LogP contribution in [0.2, 0.25) is 0 Å². The number of nitrogens with one attached hydrogen (secondary N) is 1. The lowest BCUT2D eigenvalue weighted by atomic mass is 10.0. The second-order valence-electron chi connectivity index (χ2n) is 6.23. The molecular formula is C19H24N2OS. The van der Waals surface area contributed by atoms with Gasteiger partial charge in [-0.3, -0.25) is 9.69 Å². The van der Waals surface area contributed by atoms with Gasteiger partial charge >= 0.3 is 0 Å². The van der Waals surface area contributed by atoms with E-state index in [2.05, 4.69) is 27.7 Å². The first-order chi connectivity index (χ1) is 11.2. The molecule has 1 aromatic carbocycles. The average molecular weight is 328 g/mol. The minimum absolute atomic E-state index is 0.0342. The minimum Gasteiger partial charge on any atom is -0.350 e. The molecule has 1 fully saturated rings. The fourth-order valence-electron chi connectivity index (χ4n) is 3.23. The molecule has 0 aliphatic carbocycles. The van der Waals surface area contributed by atoms with Crippen LogP contribution in [-0.2, 0) is 0 Å². The summed E-state index contributed by atoms with van der Waals surface area (Å²) in [5, 5.41) is 5.27. The second-order valence-corrected chi connectivity index (χ2v) is 7.21. The lowest BCUT2D eigenvalue weighted by molar-refractivity contribution is 0.0937. The predicted molar refractivity (Wildman–Crippen MR) is 96.1 cm³/mol. The highest BCUT2D eigenvalue weighted by Gasteiger charge is 2.25. The molecule has 2 aromatic rings. The van der Waals surface area contributed by atoms with Crippen molar-refractivity contribution in [2.24, 2.45) is 0 Å². The van der Waals surface area contributed by atoms with Crippen molar-refractivity contribution < 1.29 is 4.79 Å². The van der Waals surface area contributed by atoms with E-state index in [1.807, 2.05) is 32.0 Å². The second kappa shape index (κ2) is 7.28. The number of rotatable bonds is 5. The summed E-state index contributed by atoms with van der Waals surface area (Å²) in [6, 6.07) is 10.5. The molecule has 3 rings (SSSR count). The van der Waals surface area contributed by atoms with Gasteiger partial charge in [0, 0.05) is 17.0 Å². The van der Waals surface area contributed by atoms with Crippen LogP contribution in [-0.4, -0.2) is 30.4 Å². The SMILES string of the molecule is Cc1cccc(C(=O)NCC(c2cccs2)N2CCCC2)c1C. The first kappa shape index (κ1) is 16.2. The van der Waals surface area contributed by atoms with Gasteiger partial charge in [-0.1, -0.05) is 18.2 Å². The summed E-state index contributed by atoms with van der Waals surface area (Å²) in [6.07, 6.45) is 2.51. The smallest absolute Gasteiger partial charge is 0.251 e. The zero-order valence-corrected chi connectivity index (χ0v) is 14.7. The largest absolute Gasteiger partial charge is 0.350 e. The highest BCUT2D eigenvalue weighted by Crippen LogP contribution is 2.28. The third-order valence-electron chi connectivity index (χ3n) is 4.76. The van der Waals surface area contributed by atoms with E-state index >= 15 is 0 Å². The number of likely N-dealkylation sites (tertiary alicyclic amines) is 1. The number of hydrogen-bond acceptors (Lipinski definition) is 3. The monoisotopic (exact) mass is 328 g/mol. The van der Waals surface area contributed by atoms with Gasteiger partial charge in [0.25, 0.3) is 5.91 Å². The normalized spacial score (nSPS) is 16.4. The number of aryl methyl sites for hydroxylation is 1. The number of carbonyl (C=O) groups excluding carboxylic acids is 1. The van der Waals surface area contributed by atoms with Crippen LogP contribution in [0.3, 0.4) is 0 Å². The van der Waals surface area contributed by atoms with Crippen molar-refractivity contribution in [3.05, 3.63) is 57.3 Å². The maximum absolute atomic E-state index is 12.6. The summed E-state index contributed by atoms with van der Waals surface area (Å²) in [4.78, 5) is 16.4. The van der Waals surface area contributed by atoms with Gasteiger partial charge in [0.2, 0.25) is 0 Å². The topological polar surface area (TPSA) is 32.3 Å². The quantitative estimate of drug-likeness (QED) is 0.902. The molecule has 1 atom stereocenters. The zero-order chi connectivity index (χ0) is 16.2. The van der Waals surface area contributed by atoms with Crippen molar-refractivity contribution >= 4 is 17.2 Å². The third kappa shape index (κ3) is 3.65. The van der Waals surface area contributed by atoms with Crippen LogP contribution in [0.4, 0.5) is 0 Å². The van der Waals surface area contributed by atoms with E-state index in [1.54, 1.807) is 11.3 Å². The molecule has 1 N–H and O–H groups in total. The Bertz CT molecular complexity index is 660. The minimum atomic E-state index is 0.0342.